The molecular formula is C24H42O4. The molecule has 2 fully saturated rings. The maximum Gasteiger partial charge on any atom is 0.309 e. The molecule has 162 valence electrons. The van der Waals surface area contributed by atoms with Crippen molar-refractivity contribution >= 4 is 11.9 Å². The van der Waals surface area contributed by atoms with Gasteiger partial charge in [0, 0.05) is 0 Å². The molecule has 1 N–H and O–H groups in total. The molecule has 0 amide bonds. The van der Waals surface area contributed by atoms with Crippen molar-refractivity contribution in [1.82, 2.24) is 0 Å². The number of carboxylic acids is 1. The SMILES string of the molecule is CCCCC1C(COC(=O)C2CCCC(C)C2C(=O)O)CCC(CC)C1(C)C. The Kier molecular flexibility index (Phi) is 8.39. The Morgan fingerprint density at radius 2 is 1.82 bits per heavy atom. The van der Waals surface area contributed by atoms with Gasteiger partial charge in [0.05, 0.1) is 18.4 Å². The van der Waals surface area contributed by atoms with Crippen LogP contribution < -0.4 is 0 Å². The lowest BCUT2D eigenvalue weighted by Gasteiger charge is -2.49. The molecule has 0 radical (unpaired) electrons. The first kappa shape index (κ1) is 23.2. The molecule has 0 aromatic carbocycles. The predicted octanol–water partition coefficient (Wildman–Crippen LogP) is 5.94. The fourth-order valence-electron chi connectivity index (χ4n) is 6.25. The Bertz CT molecular complexity index is 527. The van der Waals surface area contributed by atoms with E-state index < -0.39 is 17.8 Å². The molecule has 2 aliphatic rings. The first-order valence-corrected chi connectivity index (χ1v) is 11.6. The van der Waals surface area contributed by atoms with E-state index in [0.29, 0.717) is 24.9 Å². The van der Waals surface area contributed by atoms with Crippen LogP contribution in [0.2, 0.25) is 0 Å². The van der Waals surface area contributed by atoms with Gasteiger partial charge >= 0.3 is 11.9 Å². The Morgan fingerprint density at radius 1 is 1.11 bits per heavy atom. The normalized spacial score (nSPS) is 35.3. The lowest BCUT2D eigenvalue weighted by Crippen LogP contribution is -2.44. The standard InChI is InChI=1S/C24H42O4/c1-6-8-12-20-17(13-14-18(7-2)24(20,4)5)15-28-23(27)19-11-9-10-16(3)21(19)22(25)26/h16-21H,6-15H2,1-5H3,(H,25,26). The summed E-state index contributed by atoms with van der Waals surface area (Å²) in [4.78, 5) is 24.5. The molecule has 0 heterocycles. The monoisotopic (exact) mass is 394 g/mol. The number of rotatable bonds is 8. The van der Waals surface area contributed by atoms with Crippen LogP contribution in [0.4, 0.5) is 0 Å². The zero-order valence-corrected chi connectivity index (χ0v) is 18.7. The summed E-state index contributed by atoms with van der Waals surface area (Å²) >= 11 is 0. The number of carbonyl (C=O) groups is 2. The van der Waals surface area contributed by atoms with Crippen LogP contribution in [-0.4, -0.2) is 23.7 Å². The smallest absolute Gasteiger partial charge is 0.309 e. The highest BCUT2D eigenvalue weighted by atomic mass is 16.5. The van der Waals surface area contributed by atoms with E-state index in [0.717, 1.165) is 25.2 Å². The Hall–Kier alpha value is -1.06. The third kappa shape index (κ3) is 5.10. The molecule has 0 saturated heterocycles. The van der Waals surface area contributed by atoms with Gasteiger partial charge in [0.1, 0.15) is 0 Å². The number of hydrogen-bond acceptors (Lipinski definition) is 3. The van der Waals surface area contributed by atoms with Gasteiger partial charge in [0.2, 0.25) is 0 Å². The van der Waals surface area contributed by atoms with Crippen molar-refractivity contribution in [2.24, 2.45) is 40.9 Å². The molecule has 0 bridgehead atoms. The average molecular weight is 395 g/mol. The van der Waals surface area contributed by atoms with Crippen LogP contribution in [0.25, 0.3) is 0 Å². The molecule has 2 rings (SSSR count). The number of unbranched alkanes of at least 4 members (excludes halogenated alkanes) is 1. The third-order valence-electron chi connectivity index (χ3n) is 8.07. The fourth-order valence-corrected chi connectivity index (χ4v) is 6.25. The number of aliphatic carboxylic acids is 1. The van der Waals surface area contributed by atoms with Gasteiger partial charge in [-0.1, -0.05) is 60.3 Å². The first-order valence-electron chi connectivity index (χ1n) is 11.6. The maximum absolute atomic E-state index is 12.8. The second-order valence-electron chi connectivity index (χ2n) is 10.0. The van der Waals surface area contributed by atoms with E-state index in [1.54, 1.807) is 0 Å². The van der Waals surface area contributed by atoms with Gasteiger partial charge in [-0.3, -0.25) is 9.59 Å². The van der Waals surface area contributed by atoms with Gasteiger partial charge in [-0.2, -0.15) is 0 Å². The minimum Gasteiger partial charge on any atom is -0.481 e. The van der Waals surface area contributed by atoms with E-state index in [9.17, 15) is 14.7 Å². The van der Waals surface area contributed by atoms with Gasteiger partial charge < -0.3 is 9.84 Å². The summed E-state index contributed by atoms with van der Waals surface area (Å²) in [6, 6.07) is 0. The summed E-state index contributed by atoms with van der Waals surface area (Å²) in [7, 11) is 0. The molecule has 0 aliphatic heterocycles. The molecule has 0 aromatic rings. The van der Waals surface area contributed by atoms with Crippen molar-refractivity contribution in [3.8, 4) is 0 Å². The van der Waals surface area contributed by atoms with Gasteiger partial charge in [0.15, 0.2) is 0 Å². The summed E-state index contributed by atoms with van der Waals surface area (Å²) in [6.07, 6.45) is 9.58. The summed E-state index contributed by atoms with van der Waals surface area (Å²) in [5.41, 5.74) is 0.266. The highest BCUT2D eigenvalue weighted by Gasteiger charge is 2.45. The zero-order chi connectivity index (χ0) is 20.9. The lowest BCUT2D eigenvalue weighted by molar-refractivity contribution is -0.164. The van der Waals surface area contributed by atoms with Crippen molar-refractivity contribution in [2.45, 2.75) is 92.4 Å². The highest BCUT2D eigenvalue weighted by molar-refractivity contribution is 5.81. The van der Waals surface area contributed by atoms with Gasteiger partial charge in [-0.15, -0.1) is 0 Å². The molecular weight excluding hydrogens is 352 g/mol. The molecule has 2 saturated carbocycles. The number of ether oxygens (including phenoxy) is 1. The van der Waals surface area contributed by atoms with Gasteiger partial charge in [0.25, 0.3) is 0 Å². The predicted molar refractivity (Wildman–Crippen MR) is 112 cm³/mol. The Labute approximate surface area is 171 Å². The minimum atomic E-state index is -0.848. The summed E-state index contributed by atoms with van der Waals surface area (Å²) in [5.74, 6) is -0.447. The summed E-state index contributed by atoms with van der Waals surface area (Å²) in [5, 5.41) is 9.60. The van der Waals surface area contributed by atoms with Crippen LogP contribution in [0, 0.1) is 40.9 Å². The third-order valence-corrected chi connectivity index (χ3v) is 8.07. The molecule has 6 atom stereocenters. The zero-order valence-electron chi connectivity index (χ0n) is 18.7. The number of carboxylic acid groups (broad SMARTS) is 1. The Balaban J connectivity index is 2.04. The minimum absolute atomic E-state index is 0.0417. The molecule has 2 aliphatic carbocycles. The van der Waals surface area contributed by atoms with Crippen molar-refractivity contribution in [2.75, 3.05) is 6.61 Å². The van der Waals surface area contributed by atoms with Crippen molar-refractivity contribution < 1.29 is 19.4 Å². The van der Waals surface area contributed by atoms with Crippen LogP contribution in [-0.2, 0) is 14.3 Å². The van der Waals surface area contributed by atoms with Crippen LogP contribution in [0.3, 0.4) is 0 Å². The van der Waals surface area contributed by atoms with E-state index in [1.165, 1.54) is 32.1 Å². The first-order chi connectivity index (χ1) is 13.2. The number of carbonyl (C=O) groups excluding carboxylic acids is 1. The molecule has 28 heavy (non-hydrogen) atoms. The quantitative estimate of drug-likeness (QED) is 0.518. The lowest BCUT2D eigenvalue weighted by atomic mass is 9.56. The van der Waals surface area contributed by atoms with E-state index in [1.807, 2.05) is 6.92 Å². The maximum atomic E-state index is 12.8. The summed E-state index contributed by atoms with van der Waals surface area (Å²) in [6.45, 7) is 11.7. The average Bonchev–Trinajstić information content (AvgIpc) is 2.64. The van der Waals surface area contributed by atoms with Crippen LogP contribution in [0.5, 0.6) is 0 Å². The number of hydrogen-bond donors (Lipinski definition) is 1. The molecule has 0 spiro atoms. The second-order valence-corrected chi connectivity index (χ2v) is 10.0. The van der Waals surface area contributed by atoms with Crippen molar-refractivity contribution in [3.63, 3.8) is 0 Å². The molecule has 6 unspecified atom stereocenters. The summed E-state index contributed by atoms with van der Waals surface area (Å²) < 4.78 is 5.82. The fraction of sp³-hybridized carbons (Fsp3) is 0.917. The Morgan fingerprint density at radius 3 is 2.43 bits per heavy atom. The molecule has 4 nitrogen and oxygen atoms in total. The van der Waals surface area contributed by atoms with Crippen LogP contribution in [0.15, 0.2) is 0 Å². The molecule has 0 aromatic heterocycles. The molecule has 4 heteroatoms. The van der Waals surface area contributed by atoms with E-state index in [4.69, 9.17) is 4.74 Å². The number of esters is 1. The van der Waals surface area contributed by atoms with E-state index >= 15 is 0 Å². The van der Waals surface area contributed by atoms with Crippen LogP contribution >= 0.6 is 0 Å². The van der Waals surface area contributed by atoms with Crippen molar-refractivity contribution in [3.05, 3.63) is 0 Å². The van der Waals surface area contributed by atoms with Crippen LogP contribution in [0.1, 0.15) is 92.4 Å². The van der Waals surface area contributed by atoms with Gasteiger partial charge in [-0.25, -0.2) is 0 Å². The second kappa shape index (κ2) is 10.1. The van der Waals surface area contributed by atoms with Crippen molar-refractivity contribution in [1.29, 1.82) is 0 Å². The van der Waals surface area contributed by atoms with E-state index in [2.05, 4.69) is 27.7 Å². The highest BCUT2D eigenvalue weighted by Crippen LogP contribution is 2.51. The largest absolute Gasteiger partial charge is 0.481 e. The van der Waals surface area contributed by atoms with Gasteiger partial charge in [-0.05, 0) is 61.2 Å². The van der Waals surface area contributed by atoms with E-state index in [-0.39, 0.29) is 17.3 Å². The topological polar surface area (TPSA) is 63.6 Å².